The Morgan fingerprint density at radius 3 is 2.58 bits per heavy atom. The number of ether oxygens (including phenoxy) is 1. The predicted octanol–water partition coefficient (Wildman–Crippen LogP) is 4.24. The molecule has 2 aromatic rings. The third kappa shape index (κ3) is 7.45. The van der Waals surface area contributed by atoms with Gasteiger partial charge in [-0.3, -0.25) is 9.52 Å². The Hall–Kier alpha value is -3.59. The smallest absolute Gasteiger partial charge is 0.433 e. The van der Waals surface area contributed by atoms with Gasteiger partial charge in [0.2, 0.25) is 21.8 Å². The van der Waals surface area contributed by atoms with E-state index in [-0.39, 0.29) is 40.9 Å². The highest BCUT2D eigenvalue weighted by Crippen LogP contribution is 2.32. The second-order valence-corrected chi connectivity index (χ2v) is 9.93. The van der Waals surface area contributed by atoms with E-state index >= 15 is 0 Å². The van der Waals surface area contributed by atoms with E-state index in [1.54, 1.807) is 0 Å². The molecule has 0 unspecified atom stereocenters. The highest BCUT2D eigenvalue weighted by molar-refractivity contribution is 7.92. The standard InChI is InChI=1S/C24H23F4N3O4S/c1-3-16-12-15(13-19(25)22(16)31-36(2,33)34)14-29-21(32)11-9-17-8-10-20(24(26,27)28)30-23(17)35-18-6-4-5-7-18/h1,8-13,18,31H,4-7,14H2,2H3,(H,29,32). The Kier molecular flexibility index (Phi) is 8.24. The van der Waals surface area contributed by atoms with Crippen molar-refractivity contribution in [2.75, 3.05) is 11.0 Å². The first-order valence-electron chi connectivity index (χ1n) is 10.8. The van der Waals surface area contributed by atoms with E-state index in [0.717, 1.165) is 37.3 Å². The molecule has 0 spiro atoms. The maximum atomic E-state index is 14.4. The van der Waals surface area contributed by atoms with Crippen molar-refractivity contribution in [1.29, 1.82) is 0 Å². The zero-order valence-corrected chi connectivity index (χ0v) is 20.0. The Morgan fingerprint density at radius 2 is 1.97 bits per heavy atom. The van der Waals surface area contributed by atoms with Crippen LogP contribution in [0.5, 0.6) is 5.88 Å². The number of benzene rings is 1. The summed E-state index contributed by atoms with van der Waals surface area (Å²) in [6.07, 6.45) is 6.89. The van der Waals surface area contributed by atoms with Crippen LogP contribution >= 0.6 is 0 Å². The van der Waals surface area contributed by atoms with Gasteiger partial charge in [0.05, 0.1) is 17.5 Å². The summed E-state index contributed by atoms with van der Waals surface area (Å²) < 4.78 is 84.2. The summed E-state index contributed by atoms with van der Waals surface area (Å²) in [7, 11) is -3.77. The van der Waals surface area contributed by atoms with E-state index in [1.807, 2.05) is 4.72 Å². The summed E-state index contributed by atoms with van der Waals surface area (Å²) in [4.78, 5) is 15.9. The number of nitrogens with one attached hydrogen (secondary N) is 2. The van der Waals surface area contributed by atoms with Crippen molar-refractivity contribution in [2.24, 2.45) is 0 Å². The highest BCUT2D eigenvalue weighted by Gasteiger charge is 2.33. The number of rotatable bonds is 8. The summed E-state index contributed by atoms with van der Waals surface area (Å²) in [5.41, 5.74) is -1.06. The molecule has 7 nitrogen and oxygen atoms in total. The molecule has 1 fully saturated rings. The molecule has 0 radical (unpaired) electrons. The minimum atomic E-state index is -4.65. The quantitative estimate of drug-likeness (QED) is 0.305. The second-order valence-electron chi connectivity index (χ2n) is 8.18. The van der Waals surface area contributed by atoms with Gasteiger partial charge in [-0.15, -0.1) is 6.42 Å². The zero-order chi connectivity index (χ0) is 26.5. The molecule has 1 aromatic heterocycles. The summed E-state index contributed by atoms with van der Waals surface area (Å²) in [6, 6.07) is 4.33. The molecule has 12 heteroatoms. The molecule has 2 N–H and O–H groups in total. The minimum absolute atomic E-state index is 0.0512. The average molecular weight is 526 g/mol. The van der Waals surface area contributed by atoms with Crippen LogP contribution in [0, 0.1) is 18.2 Å². The fraction of sp³-hybridized carbons (Fsp3) is 0.333. The second kappa shape index (κ2) is 11.0. The molecule has 0 bridgehead atoms. The van der Waals surface area contributed by atoms with Crippen LogP contribution in [0.15, 0.2) is 30.3 Å². The Balaban J connectivity index is 1.73. The Morgan fingerprint density at radius 1 is 1.28 bits per heavy atom. The molecule has 1 heterocycles. The number of anilines is 1. The van der Waals surface area contributed by atoms with E-state index in [0.29, 0.717) is 12.8 Å². The first kappa shape index (κ1) is 27.0. The number of amides is 1. The van der Waals surface area contributed by atoms with Crippen molar-refractivity contribution in [3.8, 4) is 18.2 Å². The lowest BCUT2D eigenvalue weighted by atomic mass is 10.1. The lowest BCUT2D eigenvalue weighted by molar-refractivity contribution is -0.141. The van der Waals surface area contributed by atoms with E-state index in [4.69, 9.17) is 11.2 Å². The van der Waals surface area contributed by atoms with Crippen molar-refractivity contribution in [1.82, 2.24) is 10.3 Å². The number of pyridine rings is 1. The van der Waals surface area contributed by atoms with Crippen molar-refractivity contribution in [3.63, 3.8) is 0 Å². The van der Waals surface area contributed by atoms with Crippen LogP contribution in [-0.2, 0) is 27.5 Å². The first-order valence-corrected chi connectivity index (χ1v) is 12.7. The molecule has 1 saturated carbocycles. The topological polar surface area (TPSA) is 97.4 Å². The number of carbonyl (C=O) groups excluding carboxylic acids is 1. The monoisotopic (exact) mass is 525 g/mol. The van der Waals surface area contributed by atoms with Crippen LogP contribution in [0.4, 0.5) is 23.2 Å². The fourth-order valence-corrected chi connectivity index (χ4v) is 4.15. The number of carbonyl (C=O) groups is 1. The van der Waals surface area contributed by atoms with Crippen LogP contribution in [-0.4, -0.2) is 31.7 Å². The van der Waals surface area contributed by atoms with Crippen LogP contribution in [0.2, 0.25) is 0 Å². The van der Waals surface area contributed by atoms with Crippen LogP contribution in [0.1, 0.15) is 48.1 Å². The van der Waals surface area contributed by atoms with E-state index < -0.39 is 33.6 Å². The number of nitrogens with zero attached hydrogens (tertiary/aromatic N) is 1. The van der Waals surface area contributed by atoms with Gasteiger partial charge in [-0.05, 0) is 61.6 Å². The van der Waals surface area contributed by atoms with Crippen molar-refractivity contribution >= 4 is 27.7 Å². The summed E-state index contributed by atoms with van der Waals surface area (Å²) in [5.74, 6) is 0.438. The largest absolute Gasteiger partial charge is 0.474 e. The third-order valence-electron chi connectivity index (χ3n) is 5.23. The highest BCUT2D eigenvalue weighted by atomic mass is 32.2. The molecule has 36 heavy (non-hydrogen) atoms. The van der Waals surface area contributed by atoms with Crippen LogP contribution in [0.3, 0.4) is 0 Å². The number of halogens is 4. The van der Waals surface area contributed by atoms with Crippen molar-refractivity contribution in [3.05, 3.63) is 58.5 Å². The van der Waals surface area contributed by atoms with Gasteiger partial charge in [0.25, 0.3) is 0 Å². The van der Waals surface area contributed by atoms with Crippen LogP contribution in [0.25, 0.3) is 6.08 Å². The van der Waals surface area contributed by atoms with Gasteiger partial charge in [-0.1, -0.05) is 5.92 Å². The van der Waals surface area contributed by atoms with Gasteiger partial charge >= 0.3 is 6.18 Å². The lowest BCUT2D eigenvalue weighted by Crippen LogP contribution is -2.21. The van der Waals surface area contributed by atoms with Crippen LogP contribution < -0.4 is 14.8 Å². The number of alkyl halides is 3. The summed E-state index contributed by atoms with van der Waals surface area (Å²) in [5, 5.41) is 2.50. The van der Waals surface area contributed by atoms with Gasteiger partial charge < -0.3 is 10.1 Å². The van der Waals surface area contributed by atoms with Crippen molar-refractivity contribution < 1.29 is 35.5 Å². The molecule has 1 aromatic carbocycles. The summed E-state index contributed by atoms with van der Waals surface area (Å²) >= 11 is 0. The van der Waals surface area contributed by atoms with E-state index in [9.17, 15) is 30.8 Å². The minimum Gasteiger partial charge on any atom is -0.474 e. The Bertz CT molecular complexity index is 1310. The molecule has 0 aliphatic heterocycles. The molecule has 1 amide bonds. The molecular weight excluding hydrogens is 502 g/mol. The van der Waals surface area contributed by atoms with E-state index in [1.165, 1.54) is 18.2 Å². The molecular formula is C24H23F4N3O4S. The number of hydrogen-bond donors (Lipinski definition) is 2. The number of terminal acetylenes is 1. The van der Waals surface area contributed by atoms with Gasteiger partial charge in [-0.2, -0.15) is 13.2 Å². The summed E-state index contributed by atoms with van der Waals surface area (Å²) in [6.45, 7) is -0.148. The molecule has 1 aliphatic rings. The number of sulfonamides is 1. The molecule has 1 aliphatic carbocycles. The molecule has 0 saturated heterocycles. The number of hydrogen-bond acceptors (Lipinski definition) is 5. The fourth-order valence-electron chi connectivity index (χ4n) is 3.58. The van der Waals surface area contributed by atoms with Gasteiger partial charge in [-0.25, -0.2) is 17.8 Å². The van der Waals surface area contributed by atoms with Gasteiger partial charge in [0.1, 0.15) is 17.6 Å². The molecule has 0 atom stereocenters. The van der Waals surface area contributed by atoms with E-state index in [2.05, 4.69) is 16.2 Å². The average Bonchev–Trinajstić information content (AvgIpc) is 3.30. The third-order valence-corrected chi connectivity index (χ3v) is 5.81. The zero-order valence-electron chi connectivity index (χ0n) is 19.2. The SMILES string of the molecule is C#Cc1cc(CNC(=O)C=Cc2ccc(C(F)(F)F)nc2OC2CCCC2)cc(F)c1NS(C)(=O)=O. The first-order chi connectivity index (χ1) is 16.9. The van der Waals surface area contributed by atoms with Gasteiger partial charge in [0.15, 0.2) is 0 Å². The lowest BCUT2D eigenvalue weighted by Gasteiger charge is -2.16. The Labute approximate surface area is 206 Å². The van der Waals surface area contributed by atoms with Crippen molar-refractivity contribution in [2.45, 2.75) is 44.5 Å². The maximum absolute atomic E-state index is 14.4. The normalized spacial score (nSPS) is 14.6. The molecule has 3 rings (SSSR count). The number of aromatic nitrogens is 1. The van der Waals surface area contributed by atoms with Gasteiger partial charge in [0, 0.05) is 18.2 Å². The maximum Gasteiger partial charge on any atom is 0.433 e. The predicted molar refractivity (Wildman–Crippen MR) is 126 cm³/mol. The molecule has 192 valence electrons.